The SMILES string of the molecule is Cc1nc(N2CCC(CO)C(C)C2)c2c(C)cn(-c3c(C)cc(Br)cc3C)c2n1. The summed E-state index contributed by atoms with van der Waals surface area (Å²) in [6.07, 6.45) is 3.18. The van der Waals surface area contributed by atoms with Gasteiger partial charge in [-0.2, -0.15) is 0 Å². The van der Waals surface area contributed by atoms with Gasteiger partial charge >= 0.3 is 0 Å². The fourth-order valence-electron chi connectivity index (χ4n) is 4.73. The molecule has 0 bridgehead atoms. The molecule has 1 aromatic carbocycles. The van der Waals surface area contributed by atoms with Crippen molar-refractivity contribution < 1.29 is 5.11 Å². The van der Waals surface area contributed by atoms with E-state index in [-0.39, 0.29) is 6.61 Å². The van der Waals surface area contributed by atoms with Crippen LogP contribution in [0.25, 0.3) is 16.7 Å². The number of benzene rings is 1. The zero-order valence-electron chi connectivity index (χ0n) is 17.8. The van der Waals surface area contributed by atoms with Crippen molar-refractivity contribution in [2.45, 2.75) is 41.0 Å². The zero-order valence-corrected chi connectivity index (χ0v) is 19.4. The highest BCUT2D eigenvalue weighted by atomic mass is 79.9. The van der Waals surface area contributed by atoms with Gasteiger partial charge in [0.2, 0.25) is 0 Å². The number of rotatable bonds is 3. The van der Waals surface area contributed by atoms with Gasteiger partial charge in [0.05, 0.1) is 11.1 Å². The molecule has 2 aromatic heterocycles. The fraction of sp³-hybridized carbons (Fsp3) is 0.478. The molecule has 2 unspecified atom stereocenters. The standard InChI is InChI=1S/C23H29BrN4O/c1-13-8-19(24)9-14(2)21(13)28-11-16(4)20-22(25-17(5)26-23(20)28)27-7-6-18(12-29)15(3)10-27/h8-9,11,15,18,29H,6-7,10,12H2,1-5H3. The summed E-state index contributed by atoms with van der Waals surface area (Å²) in [6, 6.07) is 4.31. The van der Waals surface area contributed by atoms with Crippen LogP contribution in [0, 0.1) is 39.5 Å². The number of aliphatic hydroxyl groups is 1. The number of aryl methyl sites for hydroxylation is 4. The lowest BCUT2D eigenvalue weighted by atomic mass is 9.87. The molecule has 29 heavy (non-hydrogen) atoms. The first-order chi connectivity index (χ1) is 13.8. The molecule has 154 valence electrons. The van der Waals surface area contributed by atoms with Crippen LogP contribution in [-0.4, -0.2) is 39.3 Å². The largest absolute Gasteiger partial charge is 0.396 e. The number of hydrogen-bond donors (Lipinski definition) is 1. The third kappa shape index (κ3) is 3.57. The summed E-state index contributed by atoms with van der Waals surface area (Å²) in [5.41, 5.74) is 5.76. The maximum atomic E-state index is 9.63. The number of anilines is 1. The van der Waals surface area contributed by atoms with Gasteiger partial charge in [-0.25, -0.2) is 9.97 Å². The average Bonchev–Trinajstić information content (AvgIpc) is 2.96. The Morgan fingerprint density at radius 1 is 1.10 bits per heavy atom. The molecule has 4 rings (SSSR count). The summed E-state index contributed by atoms with van der Waals surface area (Å²) < 4.78 is 3.32. The number of aromatic nitrogens is 3. The Morgan fingerprint density at radius 3 is 2.41 bits per heavy atom. The van der Waals surface area contributed by atoms with E-state index in [2.05, 4.69) is 71.4 Å². The third-order valence-corrected chi connectivity index (χ3v) is 6.70. The molecule has 5 nitrogen and oxygen atoms in total. The molecule has 1 fully saturated rings. The Hall–Kier alpha value is -1.92. The lowest BCUT2D eigenvalue weighted by Gasteiger charge is -2.37. The molecule has 6 heteroatoms. The van der Waals surface area contributed by atoms with Gasteiger partial charge in [0.25, 0.3) is 0 Å². The predicted molar refractivity (Wildman–Crippen MR) is 122 cm³/mol. The van der Waals surface area contributed by atoms with Gasteiger partial charge in [0.15, 0.2) is 5.65 Å². The monoisotopic (exact) mass is 456 g/mol. The van der Waals surface area contributed by atoms with E-state index in [4.69, 9.17) is 9.97 Å². The second-order valence-corrected chi connectivity index (χ2v) is 9.43. The molecule has 0 radical (unpaired) electrons. The summed E-state index contributed by atoms with van der Waals surface area (Å²) >= 11 is 3.61. The molecule has 1 aliphatic rings. The molecule has 1 N–H and O–H groups in total. The molecule has 1 saturated heterocycles. The molecule has 0 amide bonds. The van der Waals surface area contributed by atoms with Crippen molar-refractivity contribution >= 4 is 32.8 Å². The molecule has 0 aliphatic carbocycles. The summed E-state index contributed by atoms with van der Waals surface area (Å²) in [4.78, 5) is 12.1. The second kappa shape index (κ2) is 7.73. The number of fused-ring (bicyclic) bond motifs is 1. The average molecular weight is 457 g/mol. The lowest BCUT2D eigenvalue weighted by Crippen LogP contribution is -2.41. The van der Waals surface area contributed by atoms with Crippen molar-refractivity contribution in [1.29, 1.82) is 0 Å². The van der Waals surface area contributed by atoms with Crippen LogP contribution >= 0.6 is 15.9 Å². The highest BCUT2D eigenvalue weighted by Gasteiger charge is 2.28. The molecular formula is C23H29BrN4O. The number of piperidine rings is 1. The Bertz CT molecular complexity index is 1050. The van der Waals surface area contributed by atoms with Gasteiger partial charge in [0, 0.05) is 30.4 Å². The van der Waals surface area contributed by atoms with E-state index in [0.717, 1.165) is 46.7 Å². The van der Waals surface area contributed by atoms with Crippen molar-refractivity contribution in [2.24, 2.45) is 11.8 Å². The first-order valence-electron chi connectivity index (χ1n) is 10.3. The van der Waals surface area contributed by atoms with Crippen LogP contribution < -0.4 is 4.90 Å². The maximum absolute atomic E-state index is 9.63. The normalized spacial score (nSPS) is 19.9. The number of nitrogens with zero attached hydrogens (tertiary/aromatic N) is 4. The van der Waals surface area contributed by atoms with Crippen molar-refractivity contribution in [2.75, 3.05) is 24.6 Å². The summed E-state index contributed by atoms with van der Waals surface area (Å²) in [5, 5.41) is 10.8. The van der Waals surface area contributed by atoms with Crippen LogP contribution in [0.4, 0.5) is 5.82 Å². The molecule has 1 aliphatic heterocycles. The third-order valence-electron chi connectivity index (χ3n) is 6.24. The van der Waals surface area contributed by atoms with Crippen LogP contribution in [0.5, 0.6) is 0 Å². The van der Waals surface area contributed by atoms with E-state index >= 15 is 0 Å². The zero-order chi connectivity index (χ0) is 20.9. The highest BCUT2D eigenvalue weighted by molar-refractivity contribution is 9.10. The van der Waals surface area contributed by atoms with Crippen molar-refractivity contribution in [3.05, 3.63) is 45.3 Å². The quantitative estimate of drug-likeness (QED) is 0.610. The van der Waals surface area contributed by atoms with Gasteiger partial charge in [-0.1, -0.05) is 22.9 Å². The number of aliphatic hydroxyl groups excluding tert-OH is 1. The molecule has 0 saturated carbocycles. The predicted octanol–water partition coefficient (Wildman–Crippen LogP) is 4.87. The van der Waals surface area contributed by atoms with E-state index in [0.29, 0.717) is 11.8 Å². The number of hydrogen-bond acceptors (Lipinski definition) is 4. The Kier molecular flexibility index (Phi) is 5.42. The second-order valence-electron chi connectivity index (χ2n) is 8.52. The summed E-state index contributed by atoms with van der Waals surface area (Å²) in [5.74, 6) is 2.64. The Morgan fingerprint density at radius 2 is 1.79 bits per heavy atom. The first kappa shape index (κ1) is 20.4. The van der Waals surface area contributed by atoms with Crippen LogP contribution in [0.2, 0.25) is 0 Å². The lowest BCUT2D eigenvalue weighted by molar-refractivity contribution is 0.162. The summed E-state index contributed by atoms with van der Waals surface area (Å²) in [6.45, 7) is 12.7. The minimum Gasteiger partial charge on any atom is -0.396 e. The van der Waals surface area contributed by atoms with Crippen molar-refractivity contribution in [3.63, 3.8) is 0 Å². The highest BCUT2D eigenvalue weighted by Crippen LogP contribution is 2.35. The topological polar surface area (TPSA) is 54.2 Å². The van der Waals surface area contributed by atoms with Gasteiger partial charge in [-0.05, 0) is 74.8 Å². The van der Waals surface area contributed by atoms with E-state index in [1.807, 2.05) is 6.92 Å². The molecule has 0 spiro atoms. The van der Waals surface area contributed by atoms with Gasteiger partial charge < -0.3 is 14.6 Å². The van der Waals surface area contributed by atoms with E-state index < -0.39 is 0 Å². The molecule has 2 atom stereocenters. The van der Waals surface area contributed by atoms with Gasteiger partial charge in [0.1, 0.15) is 11.6 Å². The minimum atomic E-state index is 0.269. The first-order valence-corrected chi connectivity index (χ1v) is 11.1. The Labute approximate surface area is 180 Å². The van der Waals surface area contributed by atoms with Crippen LogP contribution in [-0.2, 0) is 0 Å². The van der Waals surface area contributed by atoms with Crippen LogP contribution in [0.15, 0.2) is 22.8 Å². The maximum Gasteiger partial charge on any atom is 0.150 e. The smallest absolute Gasteiger partial charge is 0.150 e. The van der Waals surface area contributed by atoms with E-state index in [9.17, 15) is 5.11 Å². The van der Waals surface area contributed by atoms with Gasteiger partial charge in [-0.3, -0.25) is 0 Å². The molecule has 3 aromatic rings. The van der Waals surface area contributed by atoms with Crippen LogP contribution in [0.1, 0.15) is 35.9 Å². The summed E-state index contributed by atoms with van der Waals surface area (Å²) in [7, 11) is 0. The van der Waals surface area contributed by atoms with Crippen molar-refractivity contribution in [1.82, 2.24) is 14.5 Å². The minimum absolute atomic E-state index is 0.269. The molecular weight excluding hydrogens is 428 g/mol. The van der Waals surface area contributed by atoms with E-state index in [1.54, 1.807) is 0 Å². The van der Waals surface area contributed by atoms with Crippen LogP contribution in [0.3, 0.4) is 0 Å². The Balaban J connectivity index is 1.88. The van der Waals surface area contributed by atoms with E-state index in [1.165, 1.54) is 22.4 Å². The fourth-order valence-corrected chi connectivity index (χ4v) is 5.42. The molecule has 3 heterocycles. The number of halogens is 1. The van der Waals surface area contributed by atoms with Gasteiger partial charge in [-0.15, -0.1) is 0 Å². The van der Waals surface area contributed by atoms with Crippen molar-refractivity contribution in [3.8, 4) is 5.69 Å².